The van der Waals surface area contributed by atoms with Gasteiger partial charge < -0.3 is 24.3 Å². The van der Waals surface area contributed by atoms with Crippen LogP contribution in [0.3, 0.4) is 0 Å². The predicted octanol–water partition coefficient (Wildman–Crippen LogP) is 3.43. The van der Waals surface area contributed by atoms with Crippen LogP contribution in [0.15, 0.2) is 42.0 Å². The van der Waals surface area contributed by atoms with Crippen molar-refractivity contribution in [3.63, 3.8) is 0 Å². The standard InChI is InChI=1S/C22H22N2O6/c1-5-30-22(26)15-6-8-17(9-7-15)24-21(25)16(13-23)10-14-11-18(27-2)20(29-4)19(12-14)28-3/h6-12H,5H2,1-4H3,(H,24,25)/b16-10+. The number of rotatable bonds is 8. The molecular weight excluding hydrogens is 388 g/mol. The second kappa shape index (κ2) is 10.5. The summed E-state index contributed by atoms with van der Waals surface area (Å²) in [6, 6.07) is 11.3. The summed E-state index contributed by atoms with van der Waals surface area (Å²) >= 11 is 0. The van der Waals surface area contributed by atoms with E-state index >= 15 is 0 Å². The molecule has 0 radical (unpaired) electrons. The van der Waals surface area contributed by atoms with Gasteiger partial charge in [0.15, 0.2) is 11.5 Å². The molecule has 1 amide bonds. The van der Waals surface area contributed by atoms with Crippen LogP contribution in [0.25, 0.3) is 6.08 Å². The molecule has 1 N–H and O–H groups in total. The lowest BCUT2D eigenvalue weighted by molar-refractivity contribution is -0.112. The highest BCUT2D eigenvalue weighted by molar-refractivity contribution is 6.09. The molecule has 0 saturated heterocycles. The van der Waals surface area contributed by atoms with Crippen LogP contribution in [0, 0.1) is 11.3 Å². The van der Waals surface area contributed by atoms with Crippen molar-refractivity contribution in [1.82, 2.24) is 0 Å². The Morgan fingerprint density at radius 2 is 1.63 bits per heavy atom. The lowest BCUT2D eigenvalue weighted by Crippen LogP contribution is -2.13. The van der Waals surface area contributed by atoms with E-state index in [-0.39, 0.29) is 12.2 Å². The van der Waals surface area contributed by atoms with Crippen molar-refractivity contribution >= 4 is 23.6 Å². The van der Waals surface area contributed by atoms with Gasteiger partial charge in [0.05, 0.1) is 33.5 Å². The van der Waals surface area contributed by atoms with E-state index in [1.807, 2.05) is 6.07 Å². The third-order valence-corrected chi connectivity index (χ3v) is 4.02. The molecule has 0 spiro atoms. The van der Waals surface area contributed by atoms with Gasteiger partial charge in [-0.1, -0.05) is 0 Å². The second-order valence-corrected chi connectivity index (χ2v) is 5.88. The molecule has 0 atom stereocenters. The van der Waals surface area contributed by atoms with Crippen molar-refractivity contribution in [1.29, 1.82) is 5.26 Å². The fourth-order valence-corrected chi connectivity index (χ4v) is 2.60. The van der Waals surface area contributed by atoms with Gasteiger partial charge in [0.2, 0.25) is 5.75 Å². The molecule has 2 aromatic carbocycles. The SMILES string of the molecule is CCOC(=O)c1ccc(NC(=O)/C(C#N)=C/c2cc(OC)c(OC)c(OC)c2)cc1. The fraction of sp³-hybridized carbons (Fsp3) is 0.227. The van der Waals surface area contributed by atoms with E-state index in [0.29, 0.717) is 34.1 Å². The minimum atomic E-state index is -0.602. The highest BCUT2D eigenvalue weighted by Gasteiger charge is 2.15. The van der Waals surface area contributed by atoms with Gasteiger partial charge in [-0.05, 0) is 55.0 Å². The van der Waals surface area contributed by atoms with Crippen LogP contribution in [0.5, 0.6) is 17.2 Å². The molecule has 0 saturated carbocycles. The molecule has 2 rings (SSSR count). The lowest BCUT2D eigenvalue weighted by Gasteiger charge is -2.13. The molecule has 2 aromatic rings. The molecule has 30 heavy (non-hydrogen) atoms. The average Bonchev–Trinajstić information content (AvgIpc) is 2.77. The van der Waals surface area contributed by atoms with Gasteiger partial charge in [0.1, 0.15) is 11.6 Å². The van der Waals surface area contributed by atoms with Crippen molar-refractivity contribution in [2.24, 2.45) is 0 Å². The minimum Gasteiger partial charge on any atom is -0.493 e. The van der Waals surface area contributed by atoms with Gasteiger partial charge in [-0.3, -0.25) is 4.79 Å². The van der Waals surface area contributed by atoms with E-state index in [2.05, 4.69) is 5.32 Å². The topological polar surface area (TPSA) is 107 Å². The third-order valence-electron chi connectivity index (χ3n) is 4.02. The van der Waals surface area contributed by atoms with E-state index in [4.69, 9.17) is 18.9 Å². The van der Waals surface area contributed by atoms with Crippen molar-refractivity contribution < 1.29 is 28.5 Å². The number of ether oxygens (including phenoxy) is 4. The van der Waals surface area contributed by atoms with Crippen LogP contribution < -0.4 is 19.5 Å². The maximum atomic E-state index is 12.5. The van der Waals surface area contributed by atoms with E-state index in [9.17, 15) is 14.9 Å². The fourth-order valence-electron chi connectivity index (χ4n) is 2.60. The summed E-state index contributed by atoms with van der Waals surface area (Å²) in [6.45, 7) is 1.99. The van der Waals surface area contributed by atoms with Crippen molar-refractivity contribution in [3.8, 4) is 23.3 Å². The summed E-state index contributed by atoms with van der Waals surface area (Å²) in [4.78, 5) is 24.2. The Hall–Kier alpha value is -3.99. The zero-order chi connectivity index (χ0) is 22.1. The zero-order valence-corrected chi connectivity index (χ0v) is 17.1. The summed E-state index contributed by atoms with van der Waals surface area (Å²) in [5, 5.41) is 12.1. The molecule has 8 heteroatoms. The Balaban J connectivity index is 2.25. The molecule has 0 aromatic heterocycles. The van der Waals surface area contributed by atoms with Gasteiger partial charge in [0.25, 0.3) is 5.91 Å². The van der Waals surface area contributed by atoms with Crippen LogP contribution in [-0.2, 0) is 9.53 Å². The van der Waals surface area contributed by atoms with Crippen LogP contribution in [-0.4, -0.2) is 39.8 Å². The number of nitriles is 1. The van der Waals surface area contributed by atoms with Crippen LogP contribution in [0.4, 0.5) is 5.69 Å². The van der Waals surface area contributed by atoms with E-state index in [1.54, 1.807) is 31.2 Å². The lowest BCUT2D eigenvalue weighted by atomic mass is 10.1. The van der Waals surface area contributed by atoms with Gasteiger partial charge in [-0.15, -0.1) is 0 Å². The highest BCUT2D eigenvalue weighted by Crippen LogP contribution is 2.38. The summed E-state index contributed by atoms with van der Waals surface area (Å²) in [6.07, 6.45) is 1.41. The number of carbonyl (C=O) groups is 2. The summed E-state index contributed by atoms with van der Waals surface area (Å²) in [7, 11) is 4.43. The Morgan fingerprint density at radius 3 is 2.10 bits per heavy atom. The number of benzene rings is 2. The normalized spacial score (nSPS) is 10.6. The Labute approximate surface area is 174 Å². The highest BCUT2D eigenvalue weighted by atomic mass is 16.5. The number of carbonyl (C=O) groups excluding carboxylic acids is 2. The number of nitrogens with zero attached hydrogens (tertiary/aromatic N) is 1. The largest absolute Gasteiger partial charge is 0.493 e. The maximum Gasteiger partial charge on any atom is 0.338 e. The smallest absolute Gasteiger partial charge is 0.338 e. The number of hydrogen-bond acceptors (Lipinski definition) is 7. The molecule has 0 unspecified atom stereocenters. The number of anilines is 1. The first-order valence-corrected chi connectivity index (χ1v) is 8.97. The van der Waals surface area contributed by atoms with Gasteiger partial charge in [-0.25, -0.2) is 4.79 Å². The monoisotopic (exact) mass is 410 g/mol. The van der Waals surface area contributed by atoms with Crippen molar-refractivity contribution in [2.45, 2.75) is 6.92 Å². The summed E-state index contributed by atoms with van der Waals surface area (Å²) < 4.78 is 20.7. The first-order valence-electron chi connectivity index (χ1n) is 8.97. The second-order valence-electron chi connectivity index (χ2n) is 5.88. The van der Waals surface area contributed by atoms with E-state index in [1.165, 1.54) is 39.5 Å². The molecule has 0 bridgehead atoms. The van der Waals surface area contributed by atoms with Gasteiger partial charge in [-0.2, -0.15) is 5.26 Å². The first kappa shape index (κ1) is 22.3. The minimum absolute atomic E-state index is 0.126. The van der Waals surface area contributed by atoms with Crippen LogP contribution in [0.1, 0.15) is 22.8 Å². The molecule has 8 nitrogen and oxygen atoms in total. The average molecular weight is 410 g/mol. The first-order chi connectivity index (χ1) is 14.5. The third kappa shape index (κ3) is 5.29. The molecule has 0 aliphatic rings. The van der Waals surface area contributed by atoms with Crippen LogP contribution >= 0.6 is 0 Å². The predicted molar refractivity (Wildman–Crippen MR) is 111 cm³/mol. The van der Waals surface area contributed by atoms with Crippen molar-refractivity contribution in [3.05, 3.63) is 53.1 Å². The van der Waals surface area contributed by atoms with Crippen LogP contribution in [0.2, 0.25) is 0 Å². The van der Waals surface area contributed by atoms with Gasteiger partial charge >= 0.3 is 5.97 Å². The number of esters is 1. The quantitative estimate of drug-likeness (QED) is 0.404. The number of methoxy groups -OCH3 is 3. The number of amides is 1. The van der Waals surface area contributed by atoms with E-state index < -0.39 is 11.9 Å². The van der Waals surface area contributed by atoms with E-state index in [0.717, 1.165) is 0 Å². The molecule has 0 heterocycles. The molecule has 0 aliphatic heterocycles. The molecule has 0 fully saturated rings. The number of hydrogen-bond donors (Lipinski definition) is 1. The van der Waals surface area contributed by atoms with Crippen molar-refractivity contribution in [2.75, 3.05) is 33.3 Å². The zero-order valence-electron chi connectivity index (χ0n) is 17.1. The number of nitrogens with one attached hydrogen (secondary N) is 1. The summed E-state index contributed by atoms with van der Waals surface area (Å²) in [5.41, 5.74) is 1.19. The molecule has 156 valence electrons. The Morgan fingerprint density at radius 1 is 1.03 bits per heavy atom. The maximum absolute atomic E-state index is 12.5. The Kier molecular flexibility index (Phi) is 7.82. The van der Waals surface area contributed by atoms with Gasteiger partial charge in [0, 0.05) is 5.69 Å². The Bertz CT molecular complexity index is 965. The molecule has 0 aliphatic carbocycles. The molecular formula is C22H22N2O6. The summed E-state index contributed by atoms with van der Waals surface area (Å²) in [5.74, 6) is 0.151.